The van der Waals surface area contributed by atoms with Crippen molar-refractivity contribution in [3.63, 3.8) is 0 Å². The number of hydrogen-bond acceptors (Lipinski definition) is 7. The largest absolute Gasteiger partial charge is 0.493 e. The number of aromatic nitrogens is 1. The van der Waals surface area contributed by atoms with E-state index in [0.29, 0.717) is 33.2 Å². The van der Waals surface area contributed by atoms with Crippen molar-refractivity contribution in [3.05, 3.63) is 57.3 Å². The first-order valence-electron chi connectivity index (χ1n) is 7.93. The summed E-state index contributed by atoms with van der Waals surface area (Å²) in [6.07, 6.45) is 1.64. The van der Waals surface area contributed by atoms with Gasteiger partial charge in [0.25, 0.3) is 5.56 Å². The molecule has 1 heterocycles. The summed E-state index contributed by atoms with van der Waals surface area (Å²) in [7, 11) is 4.56. The molecule has 0 unspecified atom stereocenters. The van der Waals surface area contributed by atoms with Gasteiger partial charge in [0.05, 0.1) is 32.3 Å². The van der Waals surface area contributed by atoms with Crippen LogP contribution in [-0.2, 0) is 0 Å². The van der Waals surface area contributed by atoms with Crippen molar-refractivity contribution >= 4 is 33.1 Å². The van der Waals surface area contributed by atoms with Gasteiger partial charge in [0.2, 0.25) is 5.75 Å². The third kappa shape index (κ3) is 3.61. The van der Waals surface area contributed by atoms with Gasteiger partial charge in [-0.15, -0.1) is 11.3 Å². The molecule has 0 saturated carbocycles. The van der Waals surface area contributed by atoms with E-state index in [0.717, 1.165) is 4.70 Å². The van der Waals surface area contributed by atoms with Crippen LogP contribution in [0.3, 0.4) is 0 Å². The SMILES string of the molecule is COc1cc(/C=C(\C#N)c2nc(=O)c3ccccc3s2)cc(OC)c1OC. The molecule has 0 radical (unpaired) electrons. The number of hydrogen-bond donors (Lipinski definition) is 0. The zero-order valence-electron chi connectivity index (χ0n) is 15.0. The van der Waals surface area contributed by atoms with E-state index in [9.17, 15) is 10.1 Å². The molecule has 0 aliphatic rings. The minimum atomic E-state index is -0.356. The Bertz CT molecular complexity index is 1100. The lowest BCUT2D eigenvalue weighted by Gasteiger charge is -2.13. The monoisotopic (exact) mass is 380 g/mol. The summed E-state index contributed by atoms with van der Waals surface area (Å²) in [6, 6.07) is 12.8. The summed E-state index contributed by atoms with van der Waals surface area (Å²) in [4.78, 5) is 16.3. The fraction of sp³-hybridized carbons (Fsp3) is 0.150. The van der Waals surface area contributed by atoms with Gasteiger partial charge in [-0.3, -0.25) is 4.79 Å². The lowest BCUT2D eigenvalue weighted by Crippen LogP contribution is -2.07. The first-order chi connectivity index (χ1) is 13.1. The number of rotatable bonds is 5. The molecular weight excluding hydrogens is 364 g/mol. The van der Waals surface area contributed by atoms with Crippen LogP contribution in [0.2, 0.25) is 0 Å². The molecule has 0 amide bonds. The lowest BCUT2D eigenvalue weighted by molar-refractivity contribution is 0.324. The van der Waals surface area contributed by atoms with Gasteiger partial charge < -0.3 is 14.2 Å². The van der Waals surface area contributed by atoms with Crippen molar-refractivity contribution in [1.29, 1.82) is 5.26 Å². The third-order valence-electron chi connectivity index (χ3n) is 3.88. The number of fused-ring (bicyclic) bond motifs is 1. The second-order valence-electron chi connectivity index (χ2n) is 5.45. The quantitative estimate of drug-likeness (QED) is 0.627. The number of ether oxygens (including phenoxy) is 3. The van der Waals surface area contributed by atoms with Crippen molar-refractivity contribution in [2.24, 2.45) is 0 Å². The van der Waals surface area contributed by atoms with Crippen LogP contribution < -0.4 is 19.8 Å². The van der Waals surface area contributed by atoms with Gasteiger partial charge >= 0.3 is 0 Å². The minimum absolute atomic E-state index is 0.275. The fourth-order valence-corrected chi connectivity index (χ4v) is 3.58. The van der Waals surface area contributed by atoms with E-state index < -0.39 is 0 Å². The van der Waals surface area contributed by atoms with Gasteiger partial charge in [-0.1, -0.05) is 12.1 Å². The van der Waals surface area contributed by atoms with Gasteiger partial charge in [0.1, 0.15) is 11.1 Å². The zero-order chi connectivity index (χ0) is 19.4. The summed E-state index contributed by atoms with van der Waals surface area (Å²) in [5, 5.41) is 10.5. The van der Waals surface area contributed by atoms with E-state index in [4.69, 9.17) is 14.2 Å². The lowest BCUT2D eigenvalue weighted by atomic mass is 10.1. The Hall–Kier alpha value is -3.37. The average Bonchev–Trinajstić information content (AvgIpc) is 2.71. The van der Waals surface area contributed by atoms with Gasteiger partial charge in [0, 0.05) is 4.70 Å². The van der Waals surface area contributed by atoms with Crippen LogP contribution in [0.25, 0.3) is 21.7 Å². The van der Waals surface area contributed by atoms with Gasteiger partial charge in [-0.25, -0.2) is 0 Å². The normalized spacial score (nSPS) is 11.1. The molecule has 0 N–H and O–H groups in total. The molecule has 136 valence electrons. The zero-order valence-corrected chi connectivity index (χ0v) is 15.8. The van der Waals surface area contributed by atoms with Crippen molar-refractivity contribution in [2.75, 3.05) is 21.3 Å². The number of benzene rings is 2. The van der Waals surface area contributed by atoms with E-state index in [1.165, 1.54) is 32.7 Å². The molecule has 6 nitrogen and oxygen atoms in total. The first-order valence-corrected chi connectivity index (χ1v) is 8.75. The first kappa shape index (κ1) is 18.4. The minimum Gasteiger partial charge on any atom is -0.493 e. The summed E-state index contributed by atoms with van der Waals surface area (Å²) < 4.78 is 16.8. The molecule has 0 atom stereocenters. The Morgan fingerprint density at radius 1 is 1.11 bits per heavy atom. The summed E-state index contributed by atoms with van der Waals surface area (Å²) in [5.74, 6) is 1.41. The molecule has 7 heteroatoms. The molecule has 2 aromatic carbocycles. The van der Waals surface area contributed by atoms with Crippen LogP contribution in [0.1, 0.15) is 10.6 Å². The van der Waals surface area contributed by atoms with Crippen LogP contribution in [0.5, 0.6) is 17.2 Å². The smallest absolute Gasteiger partial charge is 0.279 e. The number of nitriles is 1. The highest BCUT2D eigenvalue weighted by atomic mass is 32.1. The average molecular weight is 380 g/mol. The second-order valence-corrected chi connectivity index (χ2v) is 6.48. The molecule has 3 rings (SSSR count). The van der Waals surface area contributed by atoms with Crippen LogP contribution in [0.4, 0.5) is 0 Å². The maximum Gasteiger partial charge on any atom is 0.279 e. The molecule has 0 fully saturated rings. The van der Waals surface area contributed by atoms with Crippen molar-refractivity contribution in [2.45, 2.75) is 0 Å². The highest BCUT2D eigenvalue weighted by molar-refractivity contribution is 7.19. The van der Waals surface area contributed by atoms with Crippen molar-refractivity contribution < 1.29 is 14.2 Å². The summed E-state index contributed by atoms with van der Waals surface area (Å²) in [6.45, 7) is 0. The van der Waals surface area contributed by atoms with Crippen molar-refractivity contribution in [1.82, 2.24) is 4.98 Å². The number of allylic oxidation sites excluding steroid dienone is 1. The second kappa shape index (κ2) is 7.89. The Labute approximate surface area is 159 Å². The predicted molar refractivity (Wildman–Crippen MR) is 105 cm³/mol. The Kier molecular flexibility index (Phi) is 5.38. The standard InChI is InChI=1S/C20H16N2O4S/c1-24-15-9-12(10-16(25-2)18(15)26-3)8-13(11-21)20-22-19(23)14-6-4-5-7-17(14)27-20/h4-10H,1-3H3/b13-8+. The van der Waals surface area contributed by atoms with Crippen LogP contribution in [0.15, 0.2) is 41.2 Å². The van der Waals surface area contributed by atoms with E-state index in [-0.39, 0.29) is 11.1 Å². The van der Waals surface area contributed by atoms with Gasteiger partial charge in [0.15, 0.2) is 11.5 Å². The van der Waals surface area contributed by atoms with Crippen LogP contribution in [0, 0.1) is 11.3 Å². The Morgan fingerprint density at radius 3 is 2.37 bits per heavy atom. The van der Waals surface area contributed by atoms with E-state index in [2.05, 4.69) is 11.1 Å². The van der Waals surface area contributed by atoms with E-state index >= 15 is 0 Å². The topological polar surface area (TPSA) is 81.4 Å². The molecule has 0 bridgehead atoms. The maximum absolute atomic E-state index is 12.3. The highest BCUT2D eigenvalue weighted by Crippen LogP contribution is 2.39. The molecule has 0 spiro atoms. The van der Waals surface area contributed by atoms with Crippen molar-refractivity contribution in [3.8, 4) is 23.3 Å². The summed E-state index contributed by atoms with van der Waals surface area (Å²) >= 11 is 1.29. The number of nitrogens with zero attached hydrogens (tertiary/aromatic N) is 2. The third-order valence-corrected chi connectivity index (χ3v) is 4.96. The van der Waals surface area contributed by atoms with Crippen LogP contribution >= 0.6 is 11.3 Å². The predicted octanol–water partition coefficient (Wildman–Crippen LogP) is 3.75. The van der Waals surface area contributed by atoms with Gasteiger partial charge in [-0.05, 0) is 35.9 Å². The molecule has 27 heavy (non-hydrogen) atoms. The van der Waals surface area contributed by atoms with E-state index in [1.54, 1.807) is 30.3 Å². The molecule has 3 aromatic rings. The molecule has 0 aliphatic carbocycles. The van der Waals surface area contributed by atoms with Gasteiger partial charge in [-0.2, -0.15) is 10.2 Å². The molecule has 0 saturated heterocycles. The molecule has 1 aromatic heterocycles. The Balaban J connectivity index is 2.15. The summed E-state index contributed by atoms with van der Waals surface area (Å²) in [5.41, 5.74) is 0.582. The maximum atomic E-state index is 12.3. The Morgan fingerprint density at radius 2 is 1.78 bits per heavy atom. The fourth-order valence-electron chi connectivity index (χ4n) is 2.62. The molecular formula is C20H16N2O4S. The number of methoxy groups -OCH3 is 3. The highest BCUT2D eigenvalue weighted by Gasteiger charge is 2.14. The molecule has 0 aliphatic heterocycles. The van der Waals surface area contributed by atoms with Crippen LogP contribution in [-0.4, -0.2) is 26.3 Å². The van der Waals surface area contributed by atoms with E-state index in [1.807, 2.05) is 12.1 Å².